The molecule has 0 saturated heterocycles. The highest BCUT2D eigenvalue weighted by Crippen LogP contribution is 2.44. The topological polar surface area (TPSA) is 26.3 Å². The second kappa shape index (κ2) is 6.93. The predicted molar refractivity (Wildman–Crippen MR) is 93.2 cm³/mol. The number of rotatable bonds is 3. The first-order chi connectivity index (χ1) is 10.7. The molecule has 1 fully saturated rings. The Morgan fingerprint density at radius 3 is 2.77 bits per heavy atom. The van der Waals surface area contributed by atoms with Gasteiger partial charge in [-0.05, 0) is 46.9 Å². The van der Waals surface area contributed by atoms with Gasteiger partial charge in [0.1, 0.15) is 5.75 Å². The fourth-order valence-electron chi connectivity index (χ4n) is 3.09. The van der Waals surface area contributed by atoms with E-state index in [-0.39, 0.29) is 23.0 Å². The van der Waals surface area contributed by atoms with Crippen LogP contribution in [0.4, 0.5) is 0 Å². The molecule has 2 nitrogen and oxygen atoms in total. The van der Waals surface area contributed by atoms with Crippen LogP contribution in [-0.2, 0) is 4.79 Å². The Hall–Kier alpha value is -1.19. The Labute approximate surface area is 140 Å². The van der Waals surface area contributed by atoms with Crippen molar-refractivity contribution in [2.45, 2.75) is 24.6 Å². The van der Waals surface area contributed by atoms with Crippen LogP contribution in [0.1, 0.15) is 24.8 Å². The minimum atomic E-state index is -0.306. The summed E-state index contributed by atoms with van der Waals surface area (Å²) in [7, 11) is 1.66. The van der Waals surface area contributed by atoms with Crippen LogP contribution in [0.3, 0.4) is 0 Å². The number of Topliss-reactive ketones (excluding diaryl/α,β-unsaturated/α-hetero) is 1. The van der Waals surface area contributed by atoms with Gasteiger partial charge in [0, 0.05) is 11.8 Å². The summed E-state index contributed by atoms with van der Waals surface area (Å²) in [6, 6.07) is 7.98. The predicted octanol–water partition coefficient (Wildman–Crippen LogP) is 4.89. The van der Waals surface area contributed by atoms with Crippen molar-refractivity contribution in [3.05, 3.63) is 46.2 Å². The highest BCUT2D eigenvalue weighted by molar-refractivity contribution is 8.06. The number of carbonyl (C=O) groups excluding carboxylic acids is 1. The fourth-order valence-corrected chi connectivity index (χ4v) is 4.42. The largest absolute Gasteiger partial charge is 0.497 e. The number of benzene rings is 1. The van der Waals surface area contributed by atoms with Crippen molar-refractivity contribution < 1.29 is 9.53 Å². The molecule has 0 amide bonds. The number of thioether (sulfide) groups is 1. The quantitative estimate of drug-likeness (QED) is 0.736. The molecule has 1 aromatic carbocycles. The number of hydrogen-bond donors (Lipinski definition) is 0. The van der Waals surface area contributed by atoms with Crippen molar-refractivity contribution in [1.82, 2.24) is 0 Å². The second-order valence-electron chi connectivity index (χ2n) is 5.70. The zero-order valence-corrected chi connectivity index (χ0v) is 14.1. The molecule has 1 saturated carbocycles. The van der Waals surface area contributed by atoms with E-state index in [9.17, 15) is 4.79 Å². The van der Waals surface area contributed by atoms with Crippen LogP contribution in [0, 0.1) is 11.8 Å². The van der Waals surface area contributed by atoms with Gasteiger partial charge in [-0.2, -0.15) is 0 Å². The van der Waals surface area contributed by atoms with Gasteiger partial charge in [-0.3, -0.25) is 4.79 Å². The molecule has 116 valence electrons. The van der Waals surface area contributed by atoms with E-state index >= 15 is 0 Å². The summed E-state index contributed by atoms with van der Waals surface area (Å²) in [5.41, 5.74) is 1.13. The van der Waals surface area contributed by atoms with Crippen molar-refractivity contribution in [2.75, 3.05) is 7.11 Å². The van der Waals surface area contributed by atoms with E-state index in [4.69, 9.17) is 16.3 Å². The van der Waals surface area contributed by atoms with E-state index in [1.807, 2.05) is 24.3 Å². The summed E-state index contributed by atoms with van der Waals surface area (Å²) >= 11 is 7.87. The zero-order valence-electron chi connectivity index (χ0n) is 12.5. The summed E-state index contributed by atoms with van der Waals surface area (Å²) in [4.78, 5) is 13.6. The Balaban J connectivity index is 1.80. The van der Waals surface area contributed by atoms with Crippen LogP contribution >= 0.6 is 23.4 Å². The summed E-state index contributed by atoms with van der Waals surface area (Å²) < 4.78 is 5.18. The van der Waals surface area contributed by atoms with Crippen molar-refractivity contribution in [3.63, 3.8) is 0 Å². The average Bonchev–Trinajstić information content (AvgIpc) is 2.99. The number of ketones is 1. The standard InChI is InChI=1S/C18H19ClO2S/c1-21-13-7-5-12(6-8-13)11-17-14(9-10-22-17)15-3-2-4-16(19)18(15)20/h5-11,14-16H,2-4H2,1H3. The molecule has 0 N–H and O–H groups in total. The highest BCUT2D eigenvalue weighted by Gasteiger charge is 2.37. The molecule has 0 aromatic heterocycles. The maximum Gasteiger partial charge on any atom is 0.154 e. The van der Waals surface area contributed by atoms with Gasteiger partial charge < -0.3 is 4.74 Å². The molecule has 3 unspecified atom stereocenters. The maximum absolute atomic E-state index is 12.4. The van der Waals surface area contributed by atoms with E-state index < -0.39 is 0 Å². The maximum atomic E-state index is 12.4. The zero-order chi connectivity index (χ0) is 15.5. The van der Waals surface area contributed by atoms with Crippen LogP contribution in [0.15, 0.2) is 40.7 Å². The van der Waals surface area contributed by atoms with Crippen LogP contribution in [-0.4, -0.2) is 18.3 Å². The third-order valence-corrected chi connectivity index (χ3v) is 5.71. The summed E-state index contributed by atoms with van der Waals surface area (Å²) in [5, 5.41) is 1.78. The van der Waals surface area contributed by atoms with Crippen molar-refractivity contribution >= 4 is 35.2 Å². The first-order valence-electron chi connectivity index (χ1n) is 7.56. The summed E-state index contributed by atoms with van der Waals surface area (Å²) in [5.74, 6) is 1.28. The van der Waals surface area contributed by atoms with E-state index in [1.54, 1.807) is 18.9 Å². The minimum absolute atomic E-state index is 0.0343. The first-order valence-corrected chi connectivity index (χ1v) is 8.87. The van der Waals surface area contributed by atoms with Crippen molar-refractivity contribution in [2.24, 2.45) is 11.8 Å². The van der Waals surface area contributed by atoms with E-state index in [1.165, 1.54) is 4.91 Å². The van der Waals surface area contributed by atoms with Gasteiger partial charge in [-0.25, -0.2) is 0 Å². The van der Waals surface area contributed by atoms with Crippen LogP contribution in [0.25, 0.3) is 6.08 Å². The lowest BCUT2D eigenvalue weighted by Gasteiger charge is -2.28. The van der Waals surface area contributed by atoms with Crippen LogP contribution in [0.2, 0.25) is 0 Å². The third kappa shape index (κ3) is 3.26. The molecular weight excluding hydrogens is 316 g/mol. The molecule has 0 spiro atoms. The molecule has 0 radical (unpaired) electrons. The molecule has 4 heteroatoms. The second-order valence-corrected chi connectivity index (χ2v) is 7.21. The summed E-state index contributed by atoms with van der Waals surface area (Å²) in [6.45, 7) is 0. The Bertz CT molecular complexity index is 606. The van der Waals surface area contributed by atoms with E-state index in [0.29, 0.717) is 0 Å². The van der Waals surface area contributed by atoms with Crippen LogP contribution in [0.5, 0.6) is 5.75 Å². The third-order valence-electron chi connectivity index (χ3n) is 4.32. The molecule has 2 aliphatic rings. The lowest BCUT2D eigenvalue weighted by Crippen LogP contribution is -2.33. The number of hydrogen-bond acceptors (Lipinski definition) is 3. The lowest BCUT2D eigenvalue weighted by molar-refractivity contribution is -0.124. The Morgan fingerprint density at radius 1 is 1.27 bits per heavy atom. The molecule has 0 bridgehead atoms. The van der Waals surface area contributed by atoms with Gasteiger partial charge in [0.15, 0.2) is 5.78 Å². The minimum Gasteiger partial charge on any atom is -0.497 e. The number of ether oxygens (including phenoxy) is 1. The Kier molecular flexibility index (Phi) is 4.94. The number of alkyl halides is 1. The molecule has 1 aliphatic carbocycles. The van der Waals surface area contributed by atoms with Gasteiger partial charge in [-0.15, -0.1) is 23.4 Å². The average molecular weight is 335 g/mol. The van der Waals surface area contributed by atoms with Crippen LogP contribution < -0.4 is 4.74 Å². The molecule has 1 heterocycles. The number of methoxy groups -OCH3 is 1. The fraction of sp³-hybridized carbons (Fsp3) is 0.389. The van der Waals surface area contributed by atoms with Crippen molar-refractivity contribution in [3.8, 4) is 5.75 Å². The monoisotopic (exact) mass is 334 g/mol. The SMILES string of the molecule is COc1ccc(C=C2SC=CC2C2CCCC(Cl)C2=O)cc1. The smallest absolute Gasteiger partial charge is 0.154 e. The number of allylic oxidation sites excluding steroid dienone is 2. The molecule has 3 atom stereocenters. The Morgan fingerprint density at radius 2 is 2.05 bits per heavy atom. The number of carbonyl (C=O) groups is 1. The molecule has 22 heavy (non-hydrogen) atoms. The van der Waals surface area contributed by atoms with Gasteiger partial charge in [0.05, 0.1) is 12.5 Å². The summed E-state index contributed by atoms with van der Waals surface area (Å²) in [6.07, 6.45) is 7.11. The highest BCUT2D eigenvalue weighted by atomic mass is 35.5. The van der Waals surface area contributed by atoms with Gasteiger partial charge >= 0.3 is 0 Å². The molecule has 1 aromatic rings. The normalized spacial score (nSPS) is 30.0. The van der Waals surface area contributed by atoms with Gasteiger partial charge in [0.2, 0.25) is 0 Å². The number of halogens is 1. The van der Waals surface area contributed by atoms with Gasteiger partial charge in [0.25, 0.3) is 0 Å². The molecular formula is C18H19ClO2S. The van der Waals surface area contributed by atoms with E-state index in [2.05, 4.69) is 17.6 Å². The van der Waals surface area contributed by atoms with Crippen molar-refractivity contribution in [1.29, 1.82) is 0 Å². The first kappa shape index (κ1) is 15.7. The lowest BCUT2D eigenvalue weighted by atomic mass is 9.78. The molecule has 1 aliphatic heterocycles. The van der Waals surface area contributed by atoms with Gasteiger partial charge in [-0.1, -0.05) is 24.6 Å². The molecule has 3 rings (SSSR count). The van der Waals surface area contributed by atoms with E-state index in [0.717, 1.165) is 30.6 Å².